The van der Waals surface area contributed by atoms with Gasteiger partial charge in [0, 0.05) is 13.1 Å². The average molecular weight is 476 g/mol. The summed E-state index contributed by atoms with van der Waals surface area (Å²) in [6.07, 6.45) is 0. The third-order valence-corrected chi connectivity index (χ3v) is 5.78. The van der Waals surface area contributed by atoms with Gasteiger partial charge in [-0.1, -0.05) is 0 Å². The van der Waals surface area contributed by atoms with Gasteiger partial charge in [0.25, 0.3) is 0 Å². The number of likely N-dealkylation sites (N-methyl/N-ethyl adjacent to an activating group) is 1. The highest BCUT2D eigenvalue weighted by atomic mass is 32.2. The second-order valence-electron chi connectivity index (χ2n) is 6.56. The van der Waals surface area contributed by atoms with E-state index in [1.807, 2.05) is 27.2 Å². The number of nitrogens with zero attached hydrogens (tertiary/aromatic N) is 3. The van der Waals surface area contributed by atoms with Crippen LogP contribution in [0.5, 0.6) is 0 Å². The molecule has 15 heteroatoms. The maximum Gasteiger partial charge on any atom is 0.522 e. The molecule has 0 amide bonds. The van der Waals surface area contributed by atoms with E-state index in [1.165, 1.54) is 26.3 Å². The Hall–Kier alpha value is -2.25. The van der Waals surface area contributed by atoms with E-state index in [9.17, 15) is 31.6 Å². The molecule has 0 aliphatic heterocycles. The molecule has 30 heavy (non-hydrogen) atoms. The highest BCUT2D eigenvalue weighted by Gasteiger charge is 2.44. The van der Waals surface area contributed by atoms with Gasteiger partial charge in [0.2, 0.25) is 10.0 Å². The normalized spacial score (nSPS) is 12.6. The number of benzene rings is 1. The molecule has 0 saturated carbocycles. The number of carbonyl (C=O) groups is 1. The number of methoxy groups -OCH3 is 1. The zero-order valence-electron chi connectivity index (χ0n) is 16.6. The number of hydrogen-bond acceptors (Lipinski definition) is 7. The lowest BCUT2D eigenvalue weighted by molar-refractivity contribution is -0.140. The number of quaternary nitrogens is 1. The van der Waals surface area contributed by atoms with Crippen LogP contribution in [0.3, 0.4) is 0 Å². The Morgan fingerprint density at radius 1 is 1.23 bits per heavy atom. The van der Waals surface area contributed by atoms with Crippen molar-refractivity contribution in [1.82, 2.24) is 8.79 Å². The van der Waals surface area contributed by atoms with Gasteiger partial charge >= 0.3 is 21.6 Å². The quantitative estimate of drug-likeness (QED) is 0.286. The van der Waals surface area contributed by atoms with Gasteiger partial charge in [-0.25, -0.2) is 8.42 Å². The monoisotopic (exact) mass is 476 g/mol. The SMILES string of the molecule is COC(=O)CN(C)S(=O)(=O)c1ccc([N+](C)(C)C)c(C#N)c1.O=S(=O)(O)C(F)(F)F. The van der Waals surface area contributed by atoms with Crippen molar-refractivity contribution in [3.63, 3.8) is 0 Å². The lowest BCUT2D eigenvalue weighted by Gasteiger charge is -2.25. The molecule has 0 fully saturated rings. The van der Waals surface area contributed by atoms with Gasteiger partial charge in [-0.15, -0.1) is 0 Å². The van der Waals surface area contributed by atoms with Crippen LogP contribution in [0.4, 0.5) is 18.9 Å². The maximum absolute atomic E-state index is 12.4. The first-order valence-electron chi connectivity index (χ1n) is 7.72. The van der Waals surface area contributed by atoms with E-state index in [-0.39, 0.29) is 10.5 Å². The Labute approximate surface area is 172 Å². The van der Waals surface area contributed by atoms with Crippen LogP contribution in [0.25, 0.3) is 0 Å². The van der Waals surface area contributed by atoms with Gasteiger partial charge in [-0.3, -0.25) is 13.8 Å². The number of carbonyl (C=O) groups excluding carboxylic acids is 1. The number of sulfonamides is 1. The van der Waals surface area contributed by atoms with E-state index >= 15 is 0 Å². The molecule has 0 heterocycles. The topological polar surface area (TPSA) is 142 Å². The van der Waals surface area contributed by atoms with Crippen LogP contribution in [-0.4, -0.2) is 79.0 Å². The molecule has 1 aromatic carbocycles. The van der Waals surface area contributed by atoms with E-state index in [1.54, 1.807) is 6.07 Å². The zero-order valence-corrected chi connectivity index (χ0v) is 18.3. The lowest BCUT2D eigenvalue weighted by Crippen LogP contribution is -2.36. The molecule has 0 atom stereocenters. The number of ether oxygens (including phenoxy) is 1. The van der Waals surface area contributed by atoms with Crippen molar-refractivity contribution in [3.05, 3.63) is 23.8 Å². The molecule has 0 radical (unpaired) electrons. The van der Waals surface area contributed by atoms with Gasteiger partial charge in [0.15, 0.2) is 0 Å². The van der Waals surface area contributed by atoms with E-state index in [0.29, 0.717) is 10.2 Å². The van der Waals surface area contributed by atoms with Crippen LogP contribution in [0.15, 0.2) is 23.1 Å². The number of nitriles is 1. The third-order valence-electron chi connectivity index (χ3n) is 3.39. The number of alkyl halides is 3. The van der Waals surface area contributed by atoms with E-state index < -0.39 is 38.2 Å². The molecule has 0 unspecified atom stereocenters. The first-order chi connectivity index (χ1) is 13.3. The molecule has 1 N–H and O–H groups in total. The summed E-state index contributed by atoms with van der Waals surface area (Å²) in [5.74, 6) is -0.658. The summed E-state index contributed by atoms with van der Waals surface area (Å²) in [7, 11) is -1.59. The fraction of sp³-hybridized carbons (Fsp3) is 0.467. The van der Waals surface area contributed by atoms with Crippen LogP contribution < -0.4 is 4.48 Å². The summed E-state index contributed by atoms with van der Waals surface area (Å²) >= 11 is 0. The molecule has 1 aromatic rings. The lowest BCUT2D eigenvalue weighted by atomic mass is 10.1. The fourth-order valence-corrected chi connectivity index (χ4v) is 3.00. The number of rotatable bonds is 5. The summed E-state index contributed by atoms with van der Waals surface area (Å²) in [5.41, 5.74) is -4.55. The minimum absolute atomic E-state index is 0.0346. The largest absolute Gasteiger partial charge is 0.522 e. The minimum Gasteiger partial charge on any atom is -0.468 e. The first-order valence-corrected chi connectivity index (χ1v) is 10.6. The molecule has 0 aliphatic rings. The van der Waals surface area contributed by atoms with Gasteiger partial charge in [-0.2, -0.15) is 31.2 Å². The Kier molecular flexibility index (Phi) is 8.98. The van der Waals surface area contributed by atoms with Gasteiger partial charge in [-0.05, 0) is 12.1 Å². The van der Waals surface area contributed by atoms with Crippen LogP contribution in [-0.2, 0) is 29.7 Å². The molecule has 1 rings (SSSR count). The Morgan fingerprint density at radius 3 is 2.03 bits per heavy atom. The Bertz CT molecular complexity index is 1030. The Morgan fingerprint density at radius 2 is 1.70 bits per heavy atom. The molecule has 0 aliphatic carbocycles. The number of halogens is 3. The fourth-order valence-electron chi connectivity index (χ4n) is 1.86. The minimum atomic E-state index is -5.84. The van der Waals surface area contributed by atoms with Crippen molar-refractivity contribution in [1.29, 1.82) is 5.26 Å². The summed E-state index contributed by atoms with van der Waals surface area (Å²) in [6.45, 7) is -0.391. The van der Waals surface area contributed by atoms with Crippen molar-refractivity contribution in [2.75, 3.05) is 41.8 Å². The first kappa shape index (κ1) is 27.8. The molecule has 170 valence electrons. The number of hydrogen-bond donors (Lipinski definition) is 1. The van der Waals surface area contributed by atoms with Gasteiger partial charge in [0.1, 0.15) is 23.9 Å². The van der Waals surface area contributed by atoms with E-state index in [4.69, 9.17) is 13.0 Å². The van der Waals surface area contributed by atoms with Crippen LogP contribution in [0, 0.1) is 11.3 Å². The number of esters is 1. The van der Waals surface area contributed by atoms with E-state index in [2.05, 4.69) is 4.74 Å². The second-order valence-corrected chi connectivity index (χ2v) is 10.0. The second kappa shape index (κ2) is 9.71. The Balaban J connectivity index is 0.000000890. The van der Waals surface area contributed by atoms with Crippen molar-refractivity contribution >= 4 is 31.8 Å². The molecule has 0 aromatic heterocycles. The molecule has 0 saturated heterocycles. The maximum atomic E-state index is 12.4. The van der Waals surface area contributed by atoms with Crippen LogP contribution >= 0.6 is 0 Å². The molecule has 0 bridgehead atoms. The predicted octanol–water partition coefficient (Wildman–Crippen LogP) is 0.942. The van der Waals surface area contributed by atoms with Crippen LogP contribution in [0.2, 0.25) is 0 Å². The molecule has 0 spiro atoms. The van der Waals surface area contributed by atoms with Crippen molar-refractivity contribution in [2.45, 2.75) is 10.4 Å². The average Bonchev–Trinajstić information content (AvgIpc) is 2.58. The van der Waals surface area contributed by atoms with Crippen molar-refractivity contribution in [3.8, 4) is 6.07 Å². The highest BCUT2D eigenvalue weighted by molar-refractivity contribution is 7.89. The van der Waals surface area contributed by atoms with Gasteiger partial charge in [0.05, 0.1) is 33.1 Å². The summed E-state index contributed by atoms with van der Waals surface area (Å²) in [6, 6.07) is 6.38. The summed E-state index contributed by atoms with van der Waals surface area (Å²) in [5, 5.41) is 9.25. The smallest absolute Gasteiger partial charge is 0.468 e. The highest BCUT2D eigenvalue weighted by Crippen LogP contribution is 2.26. The predicted molar refractivity (Wildman–Crippen MR) is 100 cm³/mol. The van der Waals surface area contributed by atoms with Gasteiger partial charge < -0.3 is 4.74 Å². The molecular formula is C15H21F3N3O7S2+. The van der Waals surface area contributed by atoms with Crippen molar-refractivity contribution < 1.29 is 44.1 Å². The van der Waals surface area contributed by atoms with Crippen LogP contribution in [0.1, 0.15) is 5.56 Å². The molecular weight excluding hydrogens is 455 g/mol. The third kappa shape index (κ3) is 7.54. The van der Waals surface area contributed by atoms with Crippen molar-refractivity contribution in [2.24, 2.45) is 0 Å². The summed E-state index contributed by atoms with van der Waals surface area (Å²) in [4.78, 5) is 11.2. The summed E-state index contributed by atoms with van der Waals surface area (Å²) < 4.78 is 88.1. The molecule has 10 nitrogen and oxygen atoms in total. The standard InChI is InChI=1S/C14H20N3O4S.CHF3O3S/c1-16(10-14(18)21-5)22(19,20)12-6-7-13(17(2,3)4)11(8-12)9-15;2-1(3,4)8(5,6)7/h6-8H,10H2,1-5H3;(H,5,6,7)/q+1;. The zero-order chi connectivity index (χ0) is 24.1. The van der Waals surface area contributed by atoms with E-state index in [0.717, 1.165) is 4.31 Å².